The van der Waals surface area contributed by atoms with E-state index in [0.717, 1.165) is 6.07 Å². The largest absolute Gasteiger partial charge is 0.386 e. The van der Waals surface area contributed by atoms with Crippen LogP contribution in [0.2, 0.25) is 10.3 Å². The second-order valence-corrected chi connectivity index (χ2v) is 3.87. The third-order valence-electron chi connectivity index (χ3n) is 1.55. The number of hydrogen-bond donors (Lipinski definition) is 1. The molecule has 5 heteroatoms. The van der Waals surface area contributed by atoms with Gasteiger partial charge in [-0.15, -0.1) is 0 Å². The van der Waals surface area contributed by atoms with Crippen LogP contribution in [-0.2, 0) is 5.60 Å². The molecule has 0 aliphatic heterocycles. The molecule has 0 saturated carbocycles. The van der Waals surface area contributed by atoms with Crippen LogP contribution >= 0.6 is 23.2 Å². The Balaban J connectivity index is 3.32. The molecule has 0 aliphatic carbocycles. The fourth-order valence-corrected chi connectivity index (χ4v) is 1.43. The molecule has 0 fully saturated rings. The van der Waals surface area contributed by atoms with Gasteiger partial charge >= 0.3 is 0 Å². The Bertz CT molecular complexity index is 336. The first-order valence-electron chi connectivity index (χ1n) is 3.57. The molecule has 0 aromatic carbocycles. The van der Waals surface area contributed by atoms with Crippen molar-refractivity contribution in [3.8, 4) is 0 Å². The normalized spacial score (nSPS) is 11.8. The third-order valence-corrected chi connectivity index (χ3v) is 2.10. The van der Waals surface area contributed by atoms with Crippen molar-refractivity contribution in [2.45, 2.75) is 19.4 Å². The van der Waals surface area contributed by atoms with Crippen molar-refractivity contribution in [3.05, 3.63) is 27.8 Å². The van der Waals surface area contributed by atoms with Crippen LogP contribution in [0.15, 0.2) is 6.07 Å². The van der Waals surface area contributed by atoms with E-state index in [0.29, 0.717) is 0 Å². The van der Waals surface area contributed by atoms with Crippen LogP contribution in [0.25, 0.3) is 0 Å². The summed E-state index contributed by atoms with van der Waals surface area (Å²) in [7, 11) is 0. The molecular weight excluding hydrogens is 216 g/mol. The summed E-state index contributed by atoms with van der Waals surface area (Å²) in [4.78, 5) is 3.54. The number of hydrogen-bond acceptors (Lipinski definition) is 2. The zero-order valence-electron chi connectivity index (χ0n) is 7.11. The monoisotopic (exact) mass is 223 g/mol. The lowest BCUT2D eigenvalue weighted by molar-refractivity contribution is 0.0779. The minimum absolute atomic E-state index is 0.0129. The summed E-state index contributed by atoms with van der Waals surface area (Å²) >= 11 is 11.0. The van der Waals surface area contributed by atoms with E-state index in [2.05, 4.69) is 4.98 Å². The number of pyridine rings is 1. The summed E-state index contributed by atoms with van der Waals surface area (Å²) in [6.07, 6.45) is 0. The molecule has 2 nitrogen and oxygen atoms in total. The lowest BCUT2D eigenvalue weighted by Gasteiger charge is -2.18. The molecule has 0 atom stereocenters. The van der Waals surface area contributed by atoms with E-state index < -0.39 is 11.4 Å². The van der Waals surface area contributed by atoms with Crippen LogP contribution in [-0.4, -0.2) is 10.1 Å². The van der Waals surface area contributed by atoms with Crippen molar-refractivity contribution in [2.75, 3.05) is 0 Å². The SMILES string of the molecule is CC(C)(O)c1cc(F)c(Cl)nc1Cl. The lowest BCUT2D eigenvalue weighted by atomic mass is 10.0. The molecule has 1 N–H and O–H groups in total. The highest BCUT2D eigenvalue weighted by Crippen LogP contribution is 2.28. The van der Waals surface area contributed by atoms with Gasteiger partial charge in [0.1, 0.15) is 5.15 Å². The van der Waals surface area contributed by atoms with E-state index >= 15 is 0 Å². The number of nitrogens with zero attached hydrogens (tertiary/aromatic N) is 1. The van der Waals surface area contributed by atoms with Crippen molar-refractivity contribution in [2.24, 2.45) is 0 Å². The number of aromatic nitrogens is 1. The molecule has 0 bridgehead atoms. The van der Waals surface area contributed by atoms with Crippen molar-refractivity contribution >= 4 is 23.2 Å². The van der Waals surface area contributed by atoms with Gasteiger partial charge in [-0.1, -0.05) is 23.2 Å². The first-order chi connectivity index (χ1) is 5.82. The molecule has 1 heterocycles. The van der Waals surface area contributed by atoms with E-state index in [1.807, 2.05) is 0 Å². The van der Waals surface area contributed by atoms with Gasteiger partial charge in [0.25, 0.3) is 0 Å². The number of halogens is 3. The fourth-order valence-electron chi connectivity index (χ4n) is 0.875. The van der Waals surface area contributed by atoms with Crippen LogP contribution in [0.3, 0.4) is 0 Å². The van der Waals surface area contributed by atoms with E-state index in [1.165, 1.54) is 13.8 Å². The maximum Gasteiger partial charge on any atom is 0.166 e. The van der Waals surface area contributed by atoms with Crippen molar-refractivity contribution in [1.29, 1.82) is 0 Å². The molecule has 0 radical (unpaired) electrons. The highest BCUT2D eigenvalue weighted by atomic mass is 35.5. The van der Waals surface area contributed by atoms with Gasteiger partial charge < -0.3 is 5.11 Å². The van der Waals surface area contributed by atoms with Gasteiger partial charge in [0.15, 0.2) is 11.0 Å². The Morgan fingerprint density at radius 1 is 1.38 bits per heavy atom. The molecule has 1 aromatic heterocycles. The van der Waals surface area contributed by atoms with Gasteiger partial charge in [-0.2, -0.15) is 0 Å². The van der Waals surface area contributed by atoms with Crippen LogP contribution < -0.4 is 0 Å². The quantitative estimate of drug-likeness (QED) is 0.744. The zero-order valence-corrected chi connectivity index (χ0v) is 8.62. The summed E-state index contributed by atoms with van der Waals surface area (Å²) in [5.74, 6) is -0.691. The molecular formula is C8H8Cl2FNO. The molecule has 1 rings (SSSR count). The van der Waals surface area contributed by atoms with Crippen molar-refractivity contribution in [1.82, 2.24) is 4.98 Å². The first-order valence-corrected chi connectivity index (χ1v) is 4.32. The average Bonchev–Trinajstić information content (AvgIpc) is 1.94. The van der Waals surface area contributed by atoms with Crippen LogP contribution in [0, 0.1) is 5.82 Å². The van der Waals surface area contributed by atoms with Crippen molar-refractivity contribution in [3.63, 3.8) is 0 Å². The van der Waals surface area contributed by atoms with Crippen LogP contribution in [0.5, 0.6) is 0 Å². The van der Waals surface area contributed by atoms with Crippen molar-refractivity contribution < 1.29 is 9.50 Å². The molecule has 0 aliphatic rings. The maximum absolute atomic E-state index is 12.9. The zero-order chi connectivity index (χ0) is 10.2. The second-order valence-electron chi connectivity index (χ2n) is 3.16. The molecule has 13 heavy (non-hydrogen) atoms. The minimum atomic E-state index is -1.23. The minimum Gasteiger partial charge on any atom is -0.386 e. The lowest BCUT2D eigenvalue weighted by Crippen LogP contribution is -2.17. The van der Waals surface area contributed by atoms with Gasteiger partial charge in [-0.3, -0.25) is 0 Å². The topological polar surface area (TPSA) is 33.1 Å². The summed E-state index contributed by atoms with van der Waals surface area (Å²) < 4.78 is 12.9. The fraction of sp³-hybridized carbons (Fsp3) is 0.375. The predicted molar refractivity (Wildman–Crippen MR) is 49.5 cm³/mol. The van der Waals surface area contributed by atoms with E-state index in [4.69, 9.17) is 23.2 Å². The van der Waals surface area contributed by atoms with Gasteiger partial charge in [0.05, 0.1) is 5.60 Å². The van der Waals surface area contributed by atoms with Gasteiger partial charge in [-0.05, 0) is 19.9 Å². The predicted octanol–water partition coefficient (Wildman–Crippen LogP) is 2.75. The summed E-state index contributed by atoms with van der Waals surface area (Å²) in [5, 5.41) is 9.27. The maximum atomic E-state index is 12.9. The second kappa shape index (κ2) is 3.40. The highest BCUT2D eigenvalue weighted by molar-refractivity contribution is 6.33. The summed E-state index contributed by atoms with van der Waals surface area (Å²) in [5.41, 5.74) is -1.01. The smallest absolute Gasteiger partial charge is 0.166 e. The molecule has 0 saturated heterocycles. The average molecular weight is 224 g/mol. The summed E-state index contributed by atoms with van der Waals surface area (Å²) in [6.45, 7) is 2.98. The number of aliphatic hydroxyl groups is 1. The molecule has 1 aromatic rings. The van der Waals surface area contributed by atoms with E-state index in [1.54, 1.807) is 0 Å². The third kappa shape index (κ3) is 2.30. The van der Waals surface area contributed by atoms with E-state index in [-0.39, 0.29) is 15.9 Å². The molecule has 72 valence electrons. The molecule has 0 spiro atoms. The summed E-state index contributed by atoms with van der Waals surface area (Å²) in [6, 6.07) is 1.08. The van der Waals surface area contributed by atoms with E-state index in [9.17, 15) is 9.50 Å². The van der Waals surface area contributed by atoms with Crippen LogP contribution in [0.1, 0.15) is 19.4 Å². The van der Waals surface area contributed by atoms with Gasteiger partial charge in [-0.25, -0.2) is 9.37 Å². The Labute approximate surface area is 85.3 Å². The Hall–Kier alpha value is -0.380. The molecule has 0 unspecified atom stereocenters. The Morgan fingerprint density at radius 3 is 2.38 bits per heavy atom. The number of rotatable bonds is 1. The standard InChI is InChI=1S/C8H8Cl2FNO/c1-8(2,13)4-3-5(11)7(10)12-6(4)9/h3,13H,1-2H3. The van der Waals surface area contributed by atoms with Crippen LogP contribution in [0.4, 0.5) is 4.39 Å². The van der Waals surface area contributed by atoms with Gasteiger partial charge in [0.2, 0.25) is 0 Å². The molecule has 0 amide bonds. The van der Waals surface area contributed by atoms with Gasteiger partial charge in [0, 0.05) is 5.56 Å². The Morgan fingerprint density at radius 2 is 1.92 bits per heavy atom. The highest BCUT2D eigenvalue weighted by Gasteiger charge is 2.22. The Kier molecular flexibility index (Phi) is 2.80. The first kappa shape index (κ1) is 10.7.